The first kappa shape index (κ1) is 21.5. The number of thiophene rings is 1. The average molecular weight is 414 g/mol. The van der Waals surface area contributed by atoms with E-state index in [0.29, 0.717) is 12.1 Å². The third-order valence-corrected chi connectivity index (χ3v) is 6.50. The standard InChI is InChI=1S/C23H31N3O2S/c1-17-10-12-26(13-11-17)20(21-9-6-14-29-21)16-24-22(27)15-18(2)25-23(28)19-7-4-3-5-8-19/h3-9,14,17-18,20H,10-13,15-16H2,1-2H3,(H,24,27)(H,25,28)/t18-,20+/m0/s1. The summed E-state index contributed by atoms with van der Waals surface area (Å²) in [6, 6.07) is 13.3. The van der Waals surface area contributed by atoms with Crippen LogP contribution in [-0.2, 0) is 4.79 Å². The summed E-state index contributed by atoms with van der Waals surface area (Å²) in [5, 5.41) is 8.10. The summed E-state index contributed by atoms with van der Waals surface area (Å²) in [4.78, 5) is 28.5. The Balaban J connectivity index is 1.50. The molecule has 1 aliphatic rings. The summed E-state index contributed by atoms with van der Waals surface area (Å²) in [6.45, 7) is 6.92. The van der Waals surface area contributed by atoms with Crippen molar-refractivity contribution >= 4 is 23.2 Å². The van der Waals surface area contributed by atoms with Gasteiger partial charge in [-0.05, 0) is 62.4 Å². The summed E-state index contributed by atoms with van der Waals surface area (Å²) in [6.07, 6.45) is 2.68. The maximum atomic E-state index is 12.5. The molecule has 2 N–H and O–H groups in total. The van der Waals surface area contributed by atoms with E-state index in [0.717, 1.165) is 19.0 Å². The number of carbonyl (C=O) groups is 2. The molecule has 29 heavy (non-hydrogen) atoms. The number of hydrogen-bond acceptors (Lipinski definition) is 4. The Labute approximate surface area is 177 Å². The van der Waals surface area contributed by atoms with E-state index >= 15 is 0 Å². The minimum atomic E-state index is -0.223. The lowest BCUT2D eigenvalue weighted by atomic mass is 9.97. The molecule has 0 saturated carbocycles. The van der Waals surface area contributed by atoms with Crippen LogP contribution in [0.5, 0.6) is 0 Å². The van der Waals surface area contributed by atoms with Crippen LogP contribution in [0.2, 0.25) is 0 Å². The fraction of sp³-hybridized carbons (Fsp3) is 0.478. The van der Waals surface area contributed by atoms with Crippen LogP contribution in [0.1, 0.15) is 54.4 Å². The van der Waals surface area contributed by atoms with Gasteiger partial charge in [-0.1, -0.05) is 31.2 Å². The van der Waals surface area contributed by atoms with Crippen LogP contribution in [0.15, 0.2) is 47.8 Å². The van der Waals surface area contributed by atoms with Crippen LogP contribution >= 0.6 is 11.3 Å². The van der Waals surface area contributed by atoms with Gasteiger partial charge < -0.3 is 10.6 Å². The van der Waals surface area contributed by atoms with Crippen molar-refractivity contribution in [3.63, 3.8) is 0 Å². The van der Waals surface area contributed by atoms with Crippen molar-refractivity contribution in [2.45, 2.75) is 45.2 Å². The fourth-order valence-corrected chi connectivity index (χ4v) is 4.60. The number of nitrogens with one attached hydrogen (secondary N) is 2. The van der Waals surface area contributed by atoms with Crippen LogP contribution in [0, 0.1) is 5.92 Å². The lowest BCUT2D eigenvalue weighted by molar-refractivity contribution is -0.121. The monoisotopic (exact) mass is 413 g/mol. The van der Waals surface area contributed by atoms with Gasteiger partial charge in [-0.3, -0.25) is 14.5 Å². The number of piperidine rings is 1. The highest BCUT2D eigenvalue weighted by Crippen LogP contribution is 2.29. The van der Waals surface area contributed by atoms with E-state index in [2.05, 4.69) is 40.0 Å². The molecule has 0 aliphatic carbocycles. The maximum absolute atomic E-state index is 12.5. The molecule has 1 saturated heterocycles. The van der Waals surface area contributed by atoms with Gasteiger partial charge in [0.1, 0.15) is 0 Å². The summed E-state index contributed by atoms with van der Waals surface area (Å²) in [5.74, 6) is 0.599. The molecule has 3 rings (SSSR count). The number of carbonyl (C=O) groups excluding carboxylic acids is 2. The number of hydrogen-bond donors (Lipinski definition) is 2. The zero-order valence-electron chi connectivity index (χ0n) is 17.3. The van der Waals surface area contributed by atoms with E-state index in [1.54, 1.807) is 23.5 Å². The van der Waals surface area contributed by atoms with Gasteiger partial charge in [-0.15, -0.1) is 11.3 Å². The van der Waals surface area contributed by atoms with Crippen LogP contribution in [0.25, 0.3) is 0 Å². The van der Waals surface area contributed by atoms with E-state index in [1.165, 1.54) is 17.7 Å². The summed E-state index contributed by atoms with van der Waals surface area (Å²) in [5.41, 5.74) is 0.608. The Morgan fingerprint density at radius 3 is 2.52 bits per heavy atom. The molecule has 2 heterocycles. The Morgan fingerprint density at radius 1 is 1.14 bits per heavy atom. The van der Waals surface area contributed by atoms with Crippen LogP contribution in [-0.4, -0.2) is 42.4 Å². The zero-order valence-corrected chi connectivity index (χ0v) is 18.1. The van der Waals surface area contributed by atoms with Crippen molar-refractivity contribution < 1.29 is 9.59 Å². The quantitative estimate of drug-likeness (QED) is 0.691. The van der Waals surface area contributed by atoms with Gasteiger partial charge in [0.15, 0.2) is 0 Å². The highest BCUT2D eigenvalue weighted by Gasteiger charge is 2.26. The van der Waals surface area contributed by atoms with Gasteiger partial charge in [0.05, 0.1) is 6.04 Å². The second kappa shape index (κ2) is 10.6. The van der Waals surface area contributed by atoms with E-state index in [9.17, 15) is 9.59 Å². The van der Waals surface area contributed by atoms with E-state index in [1.807, 2.05) is 25.1 Å². The molecule has 1 aliphatic heterocycles. The van der Waals surface area contributed by atoms with Crippen molar-refractivity contribution in [3.05, 3.63) is 58.3 Å². The molecule has 156 valence electrons. The molecule has 1 fully saturated rings. The molecule has 0 unspecified atom stereocenters. The maximum Gasteiger partial charge on any atom is 0.251 e. The molecule has 1 aromatic heterocycles. The van der Waals surface area contributed by atoms with Gasteiger partial charge in [0.25, 0.3) is 5.91 Å². The molecule has 0 radical (unpaired) electrons. The minimum Gasteiger partial charge on any atom is -0.354 e. The summed E-state index contributed by atoms with van der Waals surface area (Å²) < 4.78 is 0. The molecule has 2 atom stereocenters. The van der Waals surface area contributed by atoms with E-state index in [-0.39, 0.29) is 30.3 Å². The number of benzene rings is 1. The number of nitrogens with zero attached hydrogens (tertiary/aromatic N) is 1. The average Bonchev–Trinajstić information content (AvgIpc) is 3.24. The van der Waals surface area contributed by atoms with Gasteiger partial charge in [-0.25, -0.2) is 0 Å². The molecule has 0 bridgehead atoms. The number of rotatable bonds is 8. The fourth-order valence-electron chi connectivity index (χ4n) is 3.74. The van der Waals surface area contributed by atoms with Gasteiger partial charge >= 0.3 is 0 Å². The molecule has 1 aromatic carbocycles. The third kappa shape index (κ3) is 6.41. The first-order valence-electron chi connectivity index (χ1n) is 10.4. The third-order valence-electron chi connectivity index (χ3n) is 5.53. The first-order chi connectivity index (χ1) is 14.0. The molecule has 5 nitrogen and oxygen atoms in total. The Hall–Kier alpha value is -2.18. The smallest absolute Gasteiger partial charge is 0.251 e. The molecule has 6 heteroatoms. The van der Waals surface area contributed by atoms with E-state index < -0.39 is 0 Å². The second-order valence-electron chi connectivity index (χ2n) is 8.00. The lowest BCUT2D eigenvalue weighted by Crippen LogP contribution is -2.43. The molecule has 0 spiro atoms. The SMILES string of the molecule is CC1CCN([C@H](CNC(=O)C[C@H](C)NC(=O)c2ccccc2)c2cccs2)CC1. The Morgan fingerprint density at radius 2 is 1.86 bits per heavy atom. The molecule has 2 amide bonds. The van der Waals surface area contributed by atoms with Crippen molar-refractivity contribution in [3.8, 4) is 0 Å². The van der Waals surface area contributed by atoms with Crippen molar-refractivity contribution in [1.82, 2.24) is 15.5 Å². The Bertz CT molecular complexity index is 771. The van der Waals surface area contributed by atoms with E-state index in [4.69, 9.17) is 0 Å². The minimum absolute atomic E-state index is 0.0298. The summed E-state index contributed by atoms with van der Waals surface area (Å²) in [7, 11) is 0. The predicted octanol–water partition coefficient (Wildman–Crippen LogP) is 3.85. The van der Waals surface area contributed by atoms with Crippen LogP contribution in [0.3, 0.4) is 0 Å². The van der Waals surface area contributed by atoms with Crippen LogP contribution in [0.4, 0.5) is 0 Å². The zero-order chi connectivity index (χ0) is 20.6. The predicted molar refractivity (Wildman–Crippen MR) is 118 cm³/mol. The van der Waals surface area contributed by atoms with Crippen molar-refractivity contribution in [1.29, 1.82) is 0 Å². The van der Waals surface area contributed by atoms with Gasteiger partial charge in [-0.2, -0.15) is 0 Å². The number of likely N-dealkylation sites (tertiary alicyclic amines) is 1. The van der Waals surface area contributed by atoms with Crippen molar-refractivity contribution in [2.75, 3.05) is 19.6 Å². The first-order valence-corrected chi connectivity index (χ1v) is 11.3. The number of amides is 2. The van der Waals surface area contributed by atoms with Gasteiger partial charge in [0.2, 0.25) is 5.91 Å². The van der Waals surface area contributed by atoms with Crippen molar-refractivity contribution in [2.24, 2.45) is 5.92 Å². The van der Waals surface area contributed by atoms with Crippen LogP contribution < -0.4 is 10.6 Å². The Kier molecular flexibility index (Phi) is 7.83. The molecule has 2 aromatic rings. The van der Waals surface area contributed by atoms with Gasteiger partial charge in [0, 0.05) is 29.4 Å². The highest BCUT2D eigenvalue weighted by molar-refractivity contribution is 7.10. The topological polar surface area (TPSA) is 61.4 Å². The largest absolute Gasteiger partial charge is 0.354 e. The summed E-state index contributed by atoms with van der Waals surface area (Å²) >= 11 is 1.75. The molecular weight excluding hydrogens is 382 g/mol. The molecular formula is C23H31N3O2S. The second-order valence-corrected chi connectivity index (χ2v) is 8.98. The highest BCUT2D eigenvalue weighted by atomic mass is 32.1. The normalized spacial score (nSPS) is 17.4. The lowest BCUT2D eigenvalue weighted by Gasteiger charge is -2.36.